The lowest BCUT2D eigenvalue weighted by Gasteiger charge is -2.33. The van der Waals surface area contributed by atoms with E-state index in [1.165, 1.54) is 31.9 Å². The van der Waals surface area contributed by atoms with Gasteiger partial charge in [-0.3, -0.25) is 14.8 Å². The van der Waals surface area contributed by atoms with Gasteiger partial charge in [0.25, 0.3) is 0 Å². The minimum Gasteiger partial charge on any atom is -0.468 e. The van der Waals surface area contributed by atoms with Crippen LogP contribution < -0.4 is 0 Å². The predicted octanol–water partition coefficient (Wildman–Crippen LogP) is 3.68. The molecule has 7 heteroatoms. The van der Waals surface area contributed by atoms with Gasteiger partial charge in [-0.2, -0.15) is 4.98 Å². The van der Waals surface area contributed by atoms with Crippen molar-refractivity contribution in [2.45, 2.75) is 57.8 Å². The number of benzene rings is 1. The van der Waals surface area contributed by atoms with Crippen molar-refractivity contribution in [1.82, 2.24) is 19.7 Å². The van der Waals surface area contributed by atoms with Crippen LogP contribution in [0.15, 0.2) is 24.3 Å². The molecule has 0 spiro atoms. The fourth-order valence-corrected chi connectivity index (χ4v) is 4.78. The SMILES string of the molecule is COC(=O)C1CC2CCCCC2N1Cn1[nH]c(-c2ccc(C)cc2)nc1=S. The van der Waals surface area contributed by atoms with Crippen LogP contribution in [0.25, 0.3) is 11.4 Å². The molecular weight excluding hydrogens is 360 g/mol. The van der Waals surface area contributed by atoms with Crippen LogP contribution in [0.5, 0.6) is 0 Å². The fraction of sp³-hybridized carbons (Fsp3) is 0.550. The van der Waals surface area contributed by atoms with Gasteiger partial charge in [0, 0.05) is 11.6 Å². The van der Waals surface area contributed by atoms with Crippen LogP contribution in [0.4, 0.5) is 0 Å². The molecule has 1 saturated carbocycles. The summed E-state index contributed by atoms with van der Waals surface area (Å²) in [6.45, 7) is 2.60. The molecule has 1 aliphatic carbocycles. The summed E-state index contributed by atoms with van der Waals surface area (Å²) in [6, 6.07) is 8.42. The van der Waals surface area contributed by atoms with Crippen molar-refractivity contribution < 1.29 is 9.53 Å². The first kappa shape index (κ1) is 18.4. The Morgan fingerprint density at radius 2 is 2.04 bits per heavy atom. The Morgan fingerprint density at radius 3 is 2.78 bits per heavy atom. The van der Waals surface area contributed by atoms with Crippen molar-refractivity contribution in [3.05, 3.63) is 34.6 Å². The van der Waals surface area contributed by atoms with E-state index in [9.17, 15) is 4.79 Å². The Labute approximate surface area is 164 Å². The average molecular weight is 387 g/mol. The first-order valence-corrected chi connectivity index (χ1v) is 10.0. The standard InChI is InChI=1S/C20H26N4O2S/c1-13-7-9-14(10-8-13)18-21-20(27)24(22-18)12-23-16-6-4-3-5-15(16)11-17(23)19(25)26-2/h7-10,15-17H,3-6,11-12H2,1-2H3,(H,21,22,27). The molecule has 4 rings (SSSR count). The van der Waals surface area contributed by atoms with Gasteiger partial charge < -0.3 is 4.74 Å². The summed E-state index contributed by atoms with van der Waals surface area (Å²) in [6.07, 6.45) is 5.67. The van der Waals surface area contributed by atoms with Crippen LogP contribution in [-0.4, -0.2) is 44.8 Å². The number of rotatable bonds is 4. The molecule has 0 radical (unpaired) electrons. The van der Waals surface area contributed by atoms with Crippen molar-refractivity contribution in [2.75, 3.05) is 7.11 Å². The number of carbonyl (C=O) groups is 1. The van der Waals surface area contributed by atoms with E-state index in [2.05, 4.69) is 34.0 Å². The van der Waals surface area contributed by atoms with E-state index < -0.39 is 0 Å². The molecular formula is C20H26N4O2S. The lowest BCUT2D eigenvalue weighted by molar-refractivity contribution is -0.147. The number of H-pyrrole nitrogens is 1. The van der Waals surface area contributed by atoms with E-state index in [4.69, 9.17) is 17.0 Å². The summed E-state index contributed by atoms with van der Waals surface area (Å²) in [5.41, 5.74) is 2.21. The zero-order valence-corrected chi connectivity index (χ0v) is 16.7. The number of carbonyl (C=O) groups excluding carboxylic acids is 1. The maximum atomic E-state index is 12.4. The number of aryl methyl sites for hydroxylation is 1. The van der Waals surface area contributed by atoms with Crippen LogP contribution >= 0.6 is 12.2 Å². The minimum absolute atomic E-state index is 0.144. The maximum absolute atomic E-state index is 12.4. The molecule has 2 aromatic rings. The van der Waals surface area contributed by atoms with Crippen molar-refractivity contribution in [3.63, 3.8) is 0 Å². The third kappa shape index (κ3) is 3.58. The maximum Gasteiger partial charge on any atom is 0.323 e. The van der Waals surface area contributed by atoms with Crippen molar-refractivity contribution in [1.29, 1.82) is 0 Å². The quantitative estimate of drug-likeness (QED) is 0.641. The van der Waals surface area contributed by atoms with Gasteiger partial charge in [-0.15, -0.1) is 0 Å². The molecule has 1 aromatic carbocycles. The summed E-state index contributed by atoms with van der Waals surface area (Å²) in [4.78, 5) is 19.2. The molecule has 1 aromatic heterocycles. The number of methoxy groups -OCH3 is 1. The van der Waals surface area contributed by atoms with E-state index in [-0.39, 0.29) is 12.0 Å². The summed E-state index contributed by atoms with van der Waals surface area (Å²) < 4.78 is 7.46. The number of nitrogens with one attached hydrogen (secondary N) is 1. The van der Waals surface area contributed by atoms with E-state index in [1.54, 1.807) is 0 Å². The highest BCUT2D eigenvalue weighted by Gasteiger charge is 2.45. The second-order valence-corrected chi connectivity index (χ2v) is 8.06. The number of likely N-dealkylation sites (tertiary alicyclic amines) is 1. The van der Waals surface area contributed by atoms with Gasteiger partial charge in [0.15, 0.2) is 5.82 Å². The van der Waals surface area contributed by atoms with E-state index >= 15 is 0 Å². The molecule has 0 amide bonds. The number of aromatic amines is 1. The van der Waals surface area contributed by atoms with Crippen molar-refractivity contribution >= 4 is 18.2 Å². The first-order chi connectivity index (χ1) is 13.1. The number of ether oxygens (including phenoxy) is 1. The van der Waals surface area contributed by atoms with Crippen molar-refractivity contribution in [3.8, 4) is 11.4 Å². The van der Waals surface area contributed by atoms with Gasteiger partial charge in [0.2, 0.25) is 4.77 Å². The zero-order chi connectivity index (χ0) is 19.0. The number of hydrogen-bond acceptors (Lipinski definition) is 5. The summed E-state index contributed by atoms with van der Waals surface area (Å²) in [7, 11) is 1.47. The summed E-state index contributed by atoms with van der Waals surface area (Å²) >= 11 is 5.49. The van der Waals surface area contributed by atoms with E-state index in [0.717, 1.165) is 24.2 Å². The molecule has 2 heterocycles. The molecule has 1 aliphatic heterocycles. The monoisotopic (exact) mass is 386 g/mol. The molecule has 1 saturated heterocycles. The van der Waals surface area contributed by atoms with Crippen LogP contribution in [-0.2, 0) is 16.2 Å². The molecule has 27 heavy (non-hydrogen) atoms. The number of hydrogen-bond donors (Lipinski definition) is 1. The smallest absolute Gasteiger partial charge is 0.323 e. The largest absolute Gasteiger partial charge is 0.468 e. The van der Waals surface area contributed by atoms with Gasteiger partial charge in [-0.1, -0.05) is 42.7 Å². The lowest BCUT2D eigenvalue weighted by Crippen LogP contribution is -2.43. The van der Waals surface area contributed by atoms with Gasteiger partial charge in [0.05, 0.1) is 13.8 Å². The zero-order valence-electron chi connectivity index (χ0n) is 15.9. The molecule has 144 valence electrons. The second kappa shape index (κ2) is 7.56. The van der Waals surface area contributed by atoms with Gasteiger partial charge in [0.1, 0.15) is 6.04 Å². The Kier molecular flexibility index (Phi) is 5.14. The van der Waals surface area contributed by atoms with Crippen LogP contribution in [0.3, 0.4) is 0 Å². The van der Waals surface area contributed by atoms with Crippen LogP contribution in [0.2, 0.25) is 0 Å². The fourth-order valence-electron chi connectivity index (χ4n) is 4.58. The lowest BCUT2D eigenvalue weighted by atomic mass is 9.85. The third-order valence-electron chi connectivity index (χ3n) is 6.00. The highest BCUT2D eigenvalue weighted by atomic mass is 32.1. The van der Waals surface area contributed by atoms with Crippen LogP contribution in [0, 0.1) is 17.6 Å². The van der Waals surface area contributed by atoms with Crippen molar-refractivity contribution in [2.24, 2.45) is 5.92 Å². The Bertz CT molecular complexity index is 873. The predicted molar refractivity (Wildman–Crippen MR) is 106 cm³/mol. The Balaban J connectivity index is 1.60. The number of aromatic nitrogens is 3. The first-order valence-electron chi connectivity index (χ1n) is 9.64. The second-order valence-electron chi connectivity index (χ2n) is 7.69. The highest BCUT2D eigenvalue weighted by Crippen LogP contribution is 2.40. The molecule has 1 N–H and O–H groups in total. The van der Waals surface area contributed by atoms with Gasteiger partial charge in [-0.05, 0) is 44.3 Å². The summed E-state index contributed by atoms with van der Waals surface area (Å²) in [5, 5.41) is 3.32. The highest BCUT2D eigenvalue weighted by molar-refractivity contribution is 7.71. The minimum atomic E-state index is -0.198. The molecule has 6 nitrogen and oxygen atoms in total. The van der Waals surface area contributed by atoms with E-state index in [1.807, 2.05) is 16.8 Å². The van der Waals surface area contributed by atoms with Gasteiger partial charge in [-0.25, -0.2) is 4.68 Å². The number of esters is 1. The molecule has 2 aliphatic rings. The summed E-state index contributed by atoms with van der Waals surface area (Å²) in [5.74, 6) is 1.18. The number of nitrogens with zero attached hydrogens (tertiary/aromatic N) is 3. The number of fused-ring (bicyclic) bond motifs is 1. The Morgan fingerprint density at radius 1 is 1.30 bits per heavy atom. The molecule has 3 unspecified atom stereocenters. The molecule has 2 fully saturated rings. The molecule has 3 atom stereocenters. The van der Waals surface area contributed by atoms with Crippen LogP contribution in [0.1, 0.15) is 37.7 Å². The topological polar surface area (TPSA) is 63.1 Å². The Hall–Kier alpha value is -1.99. The average Bonchev–Trinajstić information content (AvgIpc) is 3.23. The third-order valence-corrected chi connectivity index (χ3v) is 6.32. The normalized spacial score (nSPS) is 25.3. The molecule has 0 bridgehead atoms. The van der Waals surface area contributed by atoms with Gasteiger partial charge >= 0.3 is 5.97 Å². The van der Waals surface area contributed by atoms with E-state index in [0.29, 0.717) is 23.4 Å².